The molecule has 0 spiro atoms. The van der Waals surface area contributed by atoms with Crippen molar-refractivity contribution in [3.05, 3.63) is 48.8 Å². The molecule has 9 heteroatoms. The lowest BCUT2D eigenvalue weighted by Gasteiger charge is -2.35. The number of piperazine rings is 1. The SMILES string of the molecule is CCCCN(C)CCCOc1ccc2c(N3CCN(C(=O)Nc4ccc(OC(C)C)cc4)CC3)ncnc2c1. The maximum Gasteiger partial charge on any atom is 0.321 e. The van der Waals surface area contributed by atoms with Crippen LogP contribution in [0.3, 0.4) is 0 Å². The van der Waals surface area contributed by atoms with Crippen LogP contribution in [-0.4, -0.2) is 84.8 Å². The predicted octanol–water partition coefficient (Wildman–Crippen LogP) is 5.27. The summed E-state index contributed by atoms with van der Waals surface area (Å²) >= 11 is 0. The van der Waals surface area contributed by atoms with E-state index in [0.29, 0.717) is 32.8 Å². The highest BCUT2D eigenvalue weighted by molar-refractivity contribution is 5.91. The van der Waals surface area contributed by atoms with Gasteiger partial charge in [0.15, 0.2) is 0 Å². The number of amides is 2. The van der Waals surface area contributed by atoms with Gasteiger partial charge in [-0.2, -0.15) is 0 Å². The Morgan fingerprint density at radius 1 is 1.00 bits per heavy atom. The van der Waals surface area contributed by atoms with E-state index in [1.165, 1.54) is 12.8 Å². The van der Waals surface area contributed by atoms with Gasteiger partial charge in [0.25, 0.3) is 0 Å². The number of hydrogen-bond donors (Lipinski definition) is 1. The van der Waals surface area contributed by atoms with Crippen molar-refractivity contribution in [1.29, 1.82) is 0 Å². The molecule has 1 aliphatic rings. The number of nitrogens with zero attached hydrogens (tertiary/aromatic N) is 5. The molecule has 0 atom stereocenters. The molecule has 1 saturated heterocycles. The lowest BCUT2D eigenvalue weighted by atomic mass is 10.2. The molecule has 1 aliphatic heterocycles. The summed E-state index contributed by atoms with van der Waals surface area (Å²) in [7, 11) is 2.17. The summed E-state index contributed by atoms with van der Waals surface area (Å²) in [5.74, 6) is 2.51. The zero-order chi connectivity index (χ0) is 27.6. The number of fused-ring (bicyclic) bond motifs is 1. The average molecular weight is 535 g/mol. The van der Waals surface area contributed by atoms with Crippen molar-refractivity contribution in [3.8, 4) is 11.5 Å². The highest BCUT2D eigenvalue weighted by atomic mass is 16.5. The van der Waals surface area contributed by atoms with Crippen molar-refractivity contribution < 1.29 is 14.3 Å². The van der Waals surface area contributed by atoms with Crippen LogP contribution in [0.5, 0.6) is 11.5 Å². The first-order valence-corrected chi connectivity index (χ1v) is 14.1. The second-order valence-electron chi connectivity index (χ2n) is 10.3. The number of unbranched alkanes of at least 4 members (excludes halogenated alkanes) is 1. The topological polar surface area (TPSA) is 83.1 Å². The number of aromatic nitrogens is 2. The summed E-state index contributed by atoms with van der Waals surface area (Å²) in [6.07, 6.45) is 5.16. The van der Waals surface area contributed by atoms with E-state index in [-0.39, 0.29) is 12.1 Å². The lowest BCUT2D eigenvalue weighted by Crippen LogP contribution is -2.50. The summed E-state index contributed by atoms with van der Waals surface area (Å²) in [4.78, 5) is 28.3. The van der Waals surface area contributed by atoms with E-state index >= 15 is 0 Å². The number of nitrogens with one attached hydrogen (secondary N) is 1. The average Bonchev–Trinajstić information content (AvgIpc) is 2.94. The van der Waals surface area contributed by atoms with Crippen molar-refractivity contribution in [2.75, 3.05) is 63.1 Å². The van der Waals surface area contributed by atoms with Crippen LogP contribution >= 0.6 is 0 Å². The molecule has 0 aliphatic carbocycles. The quantitative estimate of drug-likeness (QED) is 0.317. The molecule has 1 N–H and O–H groups in total. The molecule has 1 fully saturated rings. The minimum Gasteiger partial charge on any atom is -0.493 e. The number of benzene rings is 2. The first-order chi connectivity index (χ1) is 18.9. The van der Waals surface area contributed by atoms with Crippen LogP contribution in [0.1, 0.15) is 40.0 Å². The Hall–Kier alpha value is -3.59. The van der Waals surface area contributed by atoms with E-state index in [2.05, 4.69) is 39.1 Å². The molecule has 1 aromatic heterocycles. The summed E-state index contributed by atoms with van der Waals surface area (Å²) < 4.78 is 11.7. The zero-order valence-electron chi connectivity index (χ0n) is 23.7. The van der Waals surface area contributed by atoms with Gasteiger partial charge in [0.05, 0.1) is 18.2 Å². The largest absolute Gasteiger partial charge is 0.493 e. The van der Waals surface area contributed by atoms with Gasteiger partial charge in [-0.25, -0.2) is 14.8 Å². The summed E-state index contributed by atoms with van der Waals surface area (Å²) in [5, 5.41) is 3.98. The molecule has 2 aromatic carbocycles. The van der Waals surface area contributed by atoms with Crippen LogP contribution in [0.25, 0.3) is 10.9 Å². The van der Waals surface area contributed by atoms with E-state index in [0.717, 1.165) is 53.4 Å². The third kappa shape index (κ3) is 8.20. The predicted molar refractivity (Wildman–Crippen MR) is 157 cm³/mol. The molecule has 9 nitrogen and oxygen atoms in total. The van der Waals surface area contributed by atoms with Gasteiger partial charge in [-0.15, -0.1) is 0 Å². The zero-order valence-corrected chi connectivity index (χ0v) is 23.7. The molecule has 2 heterocycles. The molecular formula is C30H42N6O3. The fourth-order valence-electron chi connectivity index (χ4n) is 4.64. The highest BCUT2D eigenvalue weighted by Crippen LogP contribution is 2.27. The van der Waals surface area contributed by atoms with Crippen molar-refractivity contribution in [1.82, 2.24) is 19.8 Å². The fraction of sp³-hybridized carbons (Fsp3) is 0.500. The van der Waals surface area contributed by atoms with Gasteiger partial charge >= 0.3 is 6.03 Å². The molecule has 3 aromatic rings. The number of rotatable bonds is 12. The second-order valence-corrected chi connectivity index (χ2v) is 10.3. The van der Waals surface area contributed by atoms with Crippen molar-refractivity contribution >= 4 is 28.4 Å². The molecule has 0 bridgehead atoms. The normalized spacial score (nSPS) is 13.8. The number of hydrogen-bond acceptors (Lipinski definition) is 7. The Bertz CT molecular complexity index is 1200. The second kappa shape index (κ2) is 14.0. The molecule has 0 radical (unpaired) electrons. The molecule has 4 rings (SSSR count). The minimum atomic E-state index is -0.0990. The lowest BCUT2D eigenvalue weighted by molar-refractivity contribution is 0.208. The van der Waals surface area contributed by atoms with E-state index < -0.39 is 0 Å². The number of urea groups is 1. The van der Waals surface area contributed by atoms with Gasteiger partial charge in [0, 0.05) is 49.9 Å². The van der Waals surface area contributed by atoms with Gasteiger partial charge in [0.1, 0.15) is 23.6 Å². The minimum absolute atomic E-state index is 0.0990. The Kier molecular flexibility index (Phi) is 10.2. The standard InChI is InChI=1S/C30H42N6O3/c1-5-6-14-34(4)15-7-20-38-26-12-13-27-28(21-26)31-22-32-29(27)35-16-18-36(19-17-35)30(37)33-24-8-10-25(11-9-24)39-23(2)3/h8-13,21-23H,5-7,14-20H2,1-4H3,(H,33,37). The van der Waals surface area contributed by atoms with Gasteiger partial charge in [0.2, 0.25) is 0 Å². The maximum absolute atomic E-state index is 12.8. The van der Waals surface area contributed by atoms with Gasteiger partial charge in [-0.3, -0.25) is 0 Å². The first kappa shape index (κ1) is 28.4. The summed E-state index contributed by atoms with van der Waals surface area (Å²) in [6, 6.07) is 13.4. The van der Waals surface area contributed by atoms with E-state index in [1.807, 2.05) is 61.2 Å². The van der Waals surface area contributed by atoms with Crippen LogP contribution in [0.4, 0.5) is 16.3 Å². The van der Waals surface area contributed by atoms with Crippen molar-refractivity contribution in [2.45, 2.75) is 46.1 Å². The van der Waals surface area contributed by atoms with Crippen molar-refractivity contribution in [2.24, 2.45) is 0 Å². The molecule has 0 unspecified atom stereocenters. The smallest absolute Gasteiger partial charge is 0.321 e. The van der Waals surface area contributed by atoms with E-state index in [9.17, 15) is 4.79 Å². The van der Waals surface area contributed by atoms with E-state index in [4.69, 9.17) is 9.47 Å². The third-order valence-corrected chi connectivity index (χ3v) is 6.78. The van der Waals surface area contributed by atoms with Crippen LogP contribution in [-0.2, 0) is 0 Å². The summed E-state index contributed by atoms with van der Waals surface area (Å²) in [6.45, 7) is 11.7. The molecule has 210 valence electrons. The van der Waals surface area contributed by atoms with Gasteiger partial charge in [-0.1, -0.05) is 13.3 Å². The van der Waals surface area contributed by atoms with Crippen LogP contribution in [0.15, 0.2) is 48.8 Å². The van der Waals surface area contributed by atoms with Crippen molar-refractivity contribution in [3.63, 3.8) is 0 Å². The third-order valence-electron chi connectivity index (χ3n) is 6.78. The van der Waals surface area contributed by atoms with Gasteiger partial charge in [-0.05, 0) is 76.7 Å². The monoisotopic (exact) mass is 534 g/mol. The first-order valence-electron chi connectivity index (χ1n) is 14.1. The van der Waals surface area contributed by atoms with E-state index in [1.54, 1.807) is 6.33 Å². The number of carbonyl (C=O) groups is 1. The summed E-state index contributed by atoms with van der Waals surface area (Å²) in [5.41, 5.74) is 1.62. The van der Waals surface area contributed by atoms with Crippen LogP contribution in [0.2, 0.25) is 0 Å². The fourth-order valence-corrected chi connectivity index (χ4v) is 4.64. The van der Waals surface area contributed by atoms with Gasteiger partial charge < -0.3 is 29.5 Å². The molecule has 2 amide bonds. The Morgan fingerprint density at radius 2 is 1.72 bits per heavy atom. The number of anilines is 2. The van der Waals surface area contributed by atoms with Crippen LogP contribution in [0, 0.1) is 0 Å². The molecule has 0 saturated carbocycles. The Labute approximate surface area is 232 Å². The van der Waals surface area contributed by atoms with Crippen LogP contribution < -0.4 is 19.7 Å². The molecule has 39 heavy (non-hydrogen) atoms. The Morgan fingerprint density at radius 3 is 2.44 bits per heavy atom. The number of carbonyl (C=O) groups excluding carboxylic acids is 1. The molecular weight excluding hydrogens is 492 g/mol. The Balaban J connectivity index is 1.28. The maximum atomic E-state index is 12.8. The highest BCUT2D eigenvalue weighted by Gasteiger charge is 2.23. The number of ether oxygens (including phenoxy) is 2.